The molecule has 1 atom stereocenters. The van der Waals surface area contributed by atoms with Crippen LogP contribution < -0.4 is 5.32 Å². The molecular formula is C17H21ClN4O2. The molecule has 0 saturated carbocycles. The van der Waals surface area contributed by atoms with Crippen molar-refractivity contribution in [3.05, 3.63) is 35.2 Å². The number of imidazole rings is 1. The number of nitrogens with zero attached hydrogens (tertiary/aromatic N) is 3. The smallest absolute Gasteiger partial charge is 0.274 e. The third kappa shape index (κ3) is 3.38. The number of amides is 2. The van der Waals surface area contributed by atoms with Crippen molar-refractivity contribution in [3.63, 3.8) is 0 Å². The van der Waals surface area contributed by atoms with Gasteiger partial charge >= 0.3 is 0 Å². The van der Waals surface area contributed by atoms with Gasteiger partial charge in [-0.15, -0.1) is 0 Å². The van der Waals surface area contributed by atoms with E-state index in [9.17, 15) is 9.59 Å². The number of halogens is 1. The van der Waals surface area contributed by atoms with Gasteiger partial charge in [0.2, 0.25) is 5.91 Å². The van der Waals surface area contributed by atoms with E-state index in [1.54, 1.807) is 15.5 Å². The third-order valence-electron chi connectivity index (χ3n) is 4.24. The molecule has 1 saturated heterocycles. The van der Waals surface area contributed by atoms with E-state index in [2.05, 4.69) is 10.3 Å². The number of likely N-dealkylation sites (tertiary alicyclic amines) is 1. The maximum atomic E-state index is 12.9. The molecule has 6 nitrogen and oxygen atoms in total. The standard InChI is InChI=1S/C17H21ClN4O2/c1-2-6-14(23)19-12-7-5-9-21(11-12)17(24)15-16(18)20-13-8-3-4-10-22(13)15/h3-4,8,10,12H,2,5-7,9,11H2,1H3,(H,19,23). The fourth-order valence-corrected chi connectivity index (χ4v) is 3.37. The van der Waals surface area contributed by atoms with Crippen LogP contribution >= 0.6 is 11.6 Å². The molecule has 3 heterocycles. The van der Waals surface area contributed by atoms with Crippen LogP contribution in [0.25, 0.3) is 5.65 Å². The van der Waals surface area contributed by atoms with Gasteiger partial charge < -0.3 is 10.2 Å². The molecule has 0 spiro atoms. The van der Waals surface area contributed by atoms with Gasteiger partial charge in [0, 0.05) is 31.7 Å². The normalized spacial score (nSPS) is 17.9. The molecule has 2 aromatic heterocycles. The van der Waals surface area contributed by atoms with Crippen molar-refractivity contribution in [3.8, 4) is 0 Å². The molecule has 1 fully saturated rings. The van der Waals surface area contributed by atoms with Gasteiger partial charge in [-0.2, -0.15) is 0 Å². The first kappa shape index (κ1) is 16.8. The molecule has 1 aliphatic heterocycles. The summed E-state index contributed by atoms with van der Waals surface area (Å²) < 4.78 is 1.71. The van der Waals surface area contributed by atoms with Crippen molar-refractivity contribution in [2.75, 3.05) is 13.1 Å². The Bertz CT molecular complexity index is 758. The van der Waals surface area contributed by atoms with Gasteiger partial charge in [0.1, 0.15) is 5.65 Å². The summed E-state index contributed by atoms with van der Waals surface area (Å²) >= 11 is 6.19. The molecule has 1 aliphatic rings. The summed E-state index contributed by atoms with van der Waals surface area (Å²) in [6, 6.07) is 5.51. The predicted octanol–water partition coefficient (Wildman–Crippen LogP) is 2.51. The van der Waals surface area contributed by atoms with Gasteiger partial charge in [-0.05, 0) is 31.4 Å². The van der Waals surface area contributed by atoms with Crippen LogP contribution in [0.15, 0.2) is 24.4 Å². The maximum Gasteiger partial charge on any atom is 0.274 e. The van der Waals surface area contributed by atoms with Crippen LogP contribution in [0.2, 0.25) is 5.15 Å². The summed E-state index contributed by atoms with van der Waals surface area (Å²) in [5.41, 5.74) is 1.03. The number of rotatable bonds is 4. The fraction of sp³-hybridized carbons (Fsp3) is 0.471. The Labute approximate surface area is 145 Å². The lowest BCUT2D eigenvalue weighted by Crippen LogP contribution is -2.49. The Morgan fingerprint density at radius 1 is 1.42 bits per heavy atom. The van der Waals surface area contributed by atoms with Crippen LogP contribution in [0.1, 0.15) is 43.1 Å². The monoisotopic (exact) mass is 348 g/mol. The van der Waals surface area contributed by atoms with Crippen molar-refractivity contribution in [1.29, 1.82) is 0 Å². The summed E-state index contributed by atoms with van der Waals surface area (Å²) in [5, 5.41) is 3.22. The van der Waals surface area contributed by atoms with Gasteiger partial charge in [-0.3, -0.25) is 14.0 Å². The minimum atomic E-state index is -0.145. The molecule has 3 rings (SSSR count). The van der Waals surface area contributed by atoms with Gasteiger partial charge in [0.15, 0.2) is 10.8 Å². The van der Waals surface area contributed by atoms with E-state index in [0.717, 1.165) is 19.3 Å². The highest BCUT2D eigenvalue weighted by Crippen LogP contribution is 2.21. The van der Waals surface area contributed by atoms with Gasteiger partial charge in [-0.1, -0.05) is 24.6 Å². The Balaban J connectivity index is 1.76. The van der Waals surface area contributed by atoms with Crippen molar-refractivity contribution >= 4 is 29.1 Å². The zero-order chi connectivity index (χ0) is 17.1. The molecule has 128 valence electrons. The Kier molecular flexibility index (Phi) is 5.04. The molecule has 7 heteroatoms. The molecule has 1 unspecified atom stereocenters. The number of hydrogen-bond donors (Lipinski definition) is 1. The van der Waals surface area contributed by atoms with Crippen LogP contribution in [-0.2, 0) is 4.79 Å². The van der Waals surface area contributed by atoms with Crippen molar-refractivity contribution in [2.45, 2.75) is 38.6 Å². The first-order valence-electron chi connectivity index (χ1n) is 8.31. The molecule has 0 radical (unpaired) electrons. The lowest BCUT2D eigenvalue weighted by molar-refractivity contribution is -0.122. The van der Waals surface area contributed by atoms with E-state index < -0.39 is 0 Å². The molecule has 1 N–H and O–H groups in total. The Morgan fingerprint density at radius 3 is 3.04 bits per heavy atom. The number of fused-ring (bicyclic) bond motifs is 1. The SMILES string of the molecule is CCCC(=O)NC1CCCN(C(=O)c2c(Cl)nc3ccccn23)C1. The van der Waals surface area contributed by atoms with Gasteiger partial charge in [-0.25, -0.2) is 4.98 Å². The van der Waals surface area contributed by atoms with Gasteiger partial charge in [0.05, 0.1) is 0 Å². The highest BCUT2D eigenvalue weighted by Gasteiger charge is 2.28. The predicted molar refractivity (Wildman–Crippen MR) is 92.2 cm³/mol. The number of pyridine rings is 1. The first-order valence-corrected chi connectivity index (χ1v) is 8.69. The summed E-state index contributed by atoms with van der Waals surface area (Å²) in [6.07, 6.45) is 4.87. The van der Waals surface area contributed by atoms with Gasteiger partial charge in [0.25, 0.3) is 5.91 Å². The molecule has 0 aromatic carbocycles. The highest BCUT2D eigenvalue weighted by atomic mass is 35.5. The summed E-state index contributed by atoms with van der Waals surface area (Å²) in [4.78, 5) is 30.7. The summed E-state index contributed by atoms with van der Waals surface area (Å²) in [5.74, 6) is -0.0993. The Morgan fingerprint density at radius 2 is 2.25 bits per heavy atom. The van der Waals surface area contributed by atoms with E-state index in [4.69, 9.17) is 11.6 Å². The maximum absolute atomic E-state index is 12.9. The number of hydrogen-bond acceptors (Lipinski definition) is 3. The molecule has 0 bridgehead atoms. The third-order valence-corrected chi connectivity index (χ3v) is 4.50. The number of carbonyl (C=O) groups is 2. The highest BCUT2D eigenvalue weighted by molar-refractivity contribution is 6.32. The fourth-order valence-electron chi connectivity index (χ4n) is 3.11. The molecule has 2 aromatic rings. The number of nitrogens with one attached hydrogen (secondary N) is 1. The second-order valence-corrected chi connectivity index (χ2v) is 6.45. The molecule has 0 aliphatic carbocycles. The summed E-state index contributed by atoms with van der Waals surface area (Å²) in [6.45, 7) is 3.14. The number of aromatic nitrogens is 2. The number of carbonyl (C=O) groups excluding carboxylic acids is 2. The second-order valence-electron chi connectivity index (χ2n) is 6.09. The number of piperidine rings is 1. The quantitative estimate of drug-likeness (QED) is 0.923. The van der Waals surface area contributed by atoms with Crippen LogP contribution in [-0.4, -0.2) is 45.2 Å². The van der Waals surface area contributed by atoms with E-state index in [1.165, 1.54) is 0 Å². The van der Waals surface area contributed by atoms with E-state index >= 15 is 0 Å². The minimum absolute atomic E-state index is 0.000267. The van der Waals surface area contributed by atoms with Crippen molar-refractivity contribution in [2.24, 2.45) is 0 Å². The lowest BCUT2D eigenvalue weighted by atomic mass is 10.0. The van der Waals surface area contributed by atoms with Crippen LogP contribution in [0, 0.1) is 0 Å². The average molecular weight is 349 g/mol. The molecular weight excluding hydrogens is 328 g/mol. The van der Waals surface area contributed by atoms with Crippen LogP contribution in [0.4, 0.5) is 0 Å². The Hall–Kier alpha value is -2.08. The van der Waals surface area contributed by atoms with E-state index in [1.807, 2.05) is 25.1 Å². The zero-order valence-electron chi connectivity index (χ0n) is 13.7. The molecule has 24 heavy (non-hydrogen) atoms. The average Bonchev–Trinajstić information content (AvgIpc) is 2.90. The van der Waals surface area contributed by atoms with Crippen LogP contribution in [0.3, 0.4) is 0 Å². The van der Waals surface area contributed by atoms with E-state index in [0.29, 0.717) is 30.9 Å². The molecule has 2 amide bonds. The van der Waals surface area contributed by atoms with E-state index in [-0.39, 0.29) is 23.0 Å². The van der Waals surface area contributed by atoms with Crippen molar-refractivity contribution in [1.82, 2.24) is 19.6 Å². The topological polar surface area (TPSA) is 66.7 Å². The lowest BCUT2D eigenvalue weighted by Gasteiger charge is -2.33. The van der Waals surface area contributed by atoms with Crippen LogP contribution in [0.5, 0.6) is 0 Å². The summed E-state index contributed by atoms with van der Waals surface area (Å²) in [7, 11) is 0. The zero-order valence-corrected chi connectivity index (χ0v) is 14.4. The van der Waals surface area contributed by atoms with Crippen molar-refractivity contribution < 1.29 is 9.59 Å². The minimum Gasteiger partial charge on any atom is -0.352 e. The second kappa shape index (κ2) is 7.21. The first-order chi connectivity index (χ1) is 11.6. The largest absolute Gasteiger partial charge is 0.352 e.